The van der Waals surface area contributed by atoms with Gasteiger partial charge in [-0.05, 0) is 30.3 Å². The van der Waals surface area contributed by atoms with Crippen LogP contribution in [0.4, 0.5) is 11.5 Å². The smallest absolute Gasteiger partial charge is 0.273 e. The molecule has 0 atom stereocenters. The number of nitro groups is 1. The molecule has 0 aliphatic rings. The molecule has 3 N–H and O–H groups in total. The van der Waals surface area contributed by atoms with E-state index < -0.39 is 4.92 Å². The summed E-state index contributed by atoms with van der Waals surface area (Å²) in [5.74, 6) is 0.509. The number of phenolic OH excluding ortho intramolecular Hbond substituents is 2. The average molecular weight is 401 g/mol. The van der Waals surface area contributed by atoms with Crippen molar-refractivity contribution in [1.82, 2.24) is 9.97 Å². The molecule has 30 heavy (non-hydrogen) atoms. The SMILES string of the molecule is O=[N+]([O-])c1ccc(/C=N/Nc2nc(-c3ccccc3O)nc3ccccc23)c(O)c1. The molecule has 0 amide bonds. The van der Waals surface area contributed by atoms with Crippen molar-refractivity contribution < 1.29 is 15.1 Å². The van der Waals surface area contributed by atoms with Crippen LogP contribution in [-0.4, -0.2) is 31.3 Å². The number of anilines is 1. The van der Waals surface area contributed by atoms with Crippen molar-refractivity contribution in [3.63, 3.8) is 0 Å². The summed E-state index contributed by atoms with van der Waals surface area (Å²) in [5, 5.41) is 35.7. The van der Waals surface area contributed by atoms with E-state index in [-0.39, 0.29) is 17.2 Å². The molecule has 0 saturated carbocycles. The summed E-state index contributed by atoms with van der Waals surface area (Å²) in [4.78, 5) is 19.2. The molecule has 148 valence electrons. The molecule has 9 heteroatoms. The maximum Gasteiger partial charge on any atom is 0.273 e. The number of nitrogens with one attached hydrogen (secondary N) is 1. The van der Waals surface area contributed by atoms with E-state index in [0.29, 0.717) is 33.7 Å². The van der Waals surface area contributed by atoms with Crippen molar-refractivity contribution in [2.75, 3.05) is 5.43 Å². The number of rotatable bonds is 5. The van der Waals surface area contributed by atoms with E-state index in [4.69, 9.17) is 0 Å². The van der Waals surface area contributed by atoms with Crippen LogP contribution >= 0.6 is 0 Å². The summed E-state index contributed by atoms with van der Waals surface area (Å²) < 4.78 is 0. The molecule has 0 bridgehead atoms. The molecule has 0 aliphatic carbocycles. The van der Waals surface area contributed by atoms with Crippen LogP contribution in [0.1, 0.15) is 5.56 Å². The number of nitrogens with zero attached hydrogens (tertiary/aromatic N) is 4. The molecule has 0 spiro atoms. The third-order valence-electron chi connectivity index (χ3n) is 4.35. The van der Waals surface area contributed by atoms with E-state index in [1.54, 1.807) is 24.3 Å². The Balaban J connectivity index is 1.69. The number of nitro benzene ring substituents is 1. The minimum absolute atomic E-state index is 0.0537. The lowest BCUT2D eigenvalue weighted by molar-refractivity contribution is -0.384. The highest BCUT2D eigenvalue weighted by Crippen LogP contribution is 2.30. The second-order valence-corrected chi connectivity index (χ2v) is 6.30. The zero-order chi connectivity index (χ0) is 21.1. The number of fused-ring (bicyclic) bond motifs is 1. The molecule has 0 aliphatic heterocycles. The fourth-order valence-corrected chi connectivity index (χ4v) is 2.86. The lowest BCUT2D eigenvalue weighted by Crippen LogP contribution is -1.99. The second kappa shape index (κ2) is 7.84. The molecule has 1 heterocycles. The van der Waals surface area contributed by atoms with E-state index >= 15 is 0 Å². The molecular weight excluding hydrogens is 386 g/mol. The fourth-order valence-electron chi connectivity index (χ4n) is 2.86. The topological polar surface area (TPSA) is 134 Å². The second-order valence-electron chi connectivity index (χ2n) is 6.30. The molecule has 0 radical (unpaired) electrons. The van der Waals surface area contributed by atoms with Gasteiger partial charge in [0.1, 0.15) is 11.5 Å². The third-order valence-corrected chi connectivity index (χ3v) is 4.35. The van der Waals surface area contributed by atoms with E-state index in [2.05, 4.69) is 20.5 Å². The standard InChI is InChI=1S/C21H15N5O4/c27-18-8-4-2-6-16(18)20-23-17-7-3-1-5-15(17)21(24-20)25-22-12-13-9-10-14(26(29)30)11-19(13)28/h1-12,27-28H,(H,23,24,25)/b22-12+. The molecule has 1 aromatic heterocycles. The third kappa shape index (κ3) is 3.72. The van der Waals surface area contributed by atoms with Gasteiger partial charge < -0.3 is 10.2 Å². The van der Waals surface area contributed by atoms with Crippen LogP contribution in [0.25, 0.3) is 22.3 Å². The van der Waals surface area contributed by atoms with Gasteiger partial charge in [-0.15, -0.1) is 0 Å². The number of benzene rings is 3. The number of non-ortho nitro benzene ring substituents is 1. The van der Waals surface area contributed by atoms with Gasteiger partial charge in [0.2, 0.25) is 0 Å². The maximum absolute atomic E-state index is 10.8. The van der Waals surface area contributed by atoms with Crippen molar-refractivity contribution in [1.29, 1.82) is 0 Å². The van der Waals surface area contributed by atoms with E-state index in [9.17, 15) is 20.3 Å². The average Bonchev–Trinajstić information content (AvgIpc) is 2.75. The highest BCUT2D eigenvalue weighted by atomic mass is 16.6. The van der Waals surface area contributed by atoms with E-state index in [1.165, 1.54) is 18.3 Å². The first kappa shape index (κ1) is 18.8. The van der Waals surface area contributed by atoms with Crippen LogP contribution in [0.5, 0.6) is 11.5 Å². The Bertz CT molecular complexity index is 1290. The number of para-hydroxylation sites is 2. The molecule has 4 rings (SSSR count). The first-order valence-electron chi connectivity index (χ1n) is 8.84. The molecule has 3 aromatic carbocycles. The molecular formula is C21H15N5O4. The Kier molecular flexibility index (Phi) is 4.92. The van der Waals surface area contributed by atoms with Crippen LogP contribution in [0.3, 0.4) is 0 Å². The summed E-state index contributed by atoms with van der Waals surface area (Å²) in [6.07, 6.45) is 1.33. The largest absolute Gasteiger partial charge is 0.507 e. The summed E-state index contributed by atoms with van der Waals surface area (Å²) >= 11 is 0. The number of hydrazone groups is 1. The highest BCUT2D eigenvalue weighted by Gasteiger charge is 2.12. The zero-order valence-corrected chi connectivity index (χ0v) is 15.4. The van der Waals surface area contributed by atoms with Gasteiger partial charge in [0.25, 0.3) is 5.69 Å². The Morgan fingerprint density at radius 2 is 1.73 bits per heavy atom. The summed E-state index contributed by atoms with van der Waals surface area (Å²) in [6, 6.07) is 17.8. The predicted octanol–water partition coefficient (Wildman–Crippen LogP) is 4.06. The molecule has 0 fully saturated rings. The first-order chi connectivity index (χ1) is 14.5. The van der Waals surface area contributed by atoms with Crippen LogP contribution in [0.2, 0.25) is 0 Å². The van der Waals surface area contributed by atoms with Crippen molar-refractivity contribution in [2.45, 2.75) is 0 Å². The van der Waals surface area contributed by atoms with Crippen LogP contribution in [0, 0.1) is 10.1 Å². The van der Waals surface area contributed by atoms with E-state index in [1.807, 2.05) is 24.3 Å². The number of hydrogen-bond acceptors (Lipinski definition) is 8. The summed E-state index contributed by atoms with van der Waals surface area (Å²) in [6.45, 7) is 0. The maximum atomic E-state index is 10.8. The van der Waals surface area contributed by atoms with Gasteiger partial charge in [0.15, 0.2) is 11.6 Å². The van der Waals surface area contributed by atoms with Gasteiger partial charge in [-0.2, -0.15) is 5.10 Å². The van der Waals surface area contributed by atoms with Crippen LogP contribution in [-0.2, 0) is 0 Å². The number of phenols is 2. The minimum Gasteiger partial charge on any atom is -0.507 e. The van der Waals surface area contributed by atoms with Crippen molar-refractivity contribution in [3.8, 4) is 22.9 Å². The molecule has 0 saturated heterocycles. The summed E-state index contributed by atoms with van der Waals surface area (Å²) in [5.41, 5.74) is 4.03. The van der Waals surface area contributed by atoms with Crippen molar-refractivity contribution >= 4 is 28.6 Å². The highest BCUT2D eigenvalue weighted by molar-refractivity contribution is 5.91. The zero-order valence-electron chi connectivity index (χ0n) is 15.4. The summed E-state index contributed by atoms with van der Waals surface area (Å²) in [7, 11) is 0. The van der Waals surface area contributed by atoms with E-state index in [0.717, 1.165) is 6.07 Å². The molecule has 0 unspecified atom stereocenters. The van der Waals surface area contributed by atoms with Gasteiger partial charge in [-0.1, -0.05) is 24.3 Å². The fraction of sp³-hybridized carbons (Fsp3) is 0. The van der Waals surface area contributed by atoms with Crippen molar-refractivity contribution in [3.05, 3.63) is 82.4 Å². The lowest BCUT2D eigenvalue weighted by Gasteiger charge is -2.09. The Morgan fingerprint density at radius 3 is 2.50 bits per heavy atom. The van der Waals surface area contributed by atoms with Crippen molar-refractivity contribution in [2.24, 2.45) is 5.10 Å². The Labute approximate surface area is 170 Å². The first-order valence-corrected chi connectivity index (χ1v) is 8.84. The molecule has 4 aromatic rings. The normalized spacial score (nSPS) is 11.1. The number of aromatic nitrogens is 2. The number of hydrogen-bond donors (Lipinski definition) is 3. The molecule has 9 nitrogen and oxygen atoms in total. The Hall–Kier alpha value is -4.53. The van der Waals surface area contributed by atoms with Gasteiger partial charge in [0, 0.05) is 17.0 Å². The van der Waals surface area contributed by atoms with Crippen LogP contribution < -0.4 is 5.43 Å². The quantitative estimate of drug-likeness (QED) is 0.261. The van der Waals surface area contributed by atoms with Gasteiger partial charge in [0.05, 0.1) is 28.3 Å². The minimum atomic E-state index is -0.591. The number of aromatic hydroxyl groups is 2. The lowest BCUT2D eigenvalue weighted by atomic mass is 10.1. The van der Waals surface area contributed by atoms with Gasteiger partial charge in [-0.3, -0.25) is 15.5 Å². The Morgan fingerprint density at radius 1 is 0.967 bits per heavy atom. The van der Waals surface area contributed by atoms with Gasteiger partial charge >= 0.3 is 0 Å². The van der Waals surface area contributed by atoms with Crippen LogP contribution in [0.15, 0.2) is 71.8 Å². The predicted molar refractivity (Wildman–Crippen MR) is 113 cm³/mol. The van der Waals surface area contributed by atoms with Gasteiger partial charge in [-0.25, -0.2) is 9.97 Å². The monoisotopic (exact) mass is 401 g/mol.